The van der Waals surface area contributed by atoms with E-state index in [-0.39, 0.29) is 18.8 Å². The molecular formula is C14H16N2O4. The normalized spacial score (nSPS) is 15.2. The second-order valence-corrected chi connectivity index (χ2v) is 4.39. The molecule has 0 saturated carbocycles. The summed E-state index contributed by atoms with van der Waals surface area (Å²) in [4.78, 5) is 22.0. The third-order valence-electron chi connectivity index (χ3n) is 2.94. The van der Waals surface area contributed by atoms with Crippen LogP contribution in [0.4, 0.5) is 5.69 Å². The Hall–Kier alpha value is -2.34. The van der Waals surface area contributed by atoms with Gasteiger partial charge >= 0.3 is 0 Å². The summed E-state index contributed by atoms with van der Waals surface area (Å²) >= 11 is 0. The van der Waals surface area contributed by atoms with E-state index in [1.165, 1.54) is 6.26 Å². The smallest absolute Gasteiger partial charge is 0.294 e. The monoisotopic (exact) mass is 276 g/mol. The van der Waals surface area contributed by atoms with E-state index < -0.39 is 6.23 Å². The van der Waals surface area contributed by atoms with Crippen molar-refractivity contribution in [3.05, 3.63) is 41.7 Å². The molecule has 1 aliphatic rings. The van der Waals surface area contributed by atoms with Crippen LogP contribution in [0.25, 0.3) is 0 Å². The molecule has 1 atom stereocenters. The van der Waals surface area contributed by atoms with Crippen molar-refractivity contribution in [2.24, 2.45) is 0 Å². The van der Waals surface area contributed by atoms with Crippen molar-refractivity contribution in [1.29, 1.82) is 0 Å². The van der Waals surface area contributed by atoms with Gasteiger partial charge in [0.2, 0.25) is 0 Å². The lowest BCUT2D eigenvalue weighted by Gasteiger charge is -2.19. The summed E-state index contributed by atoms with van der Waals surface area (Å²) in [5.41, 5.74) is 8.26. The van der Waals surface area contributed by atoms with Crippen LogP contribution < -0.4 is 10.9 Å². The Morgan fingerprint density at radius 2 is 2.25 bits per heavy atom. The van der Waals surface area contributed by atoms with Gasteiger partial charge in [-0.2, -0.15) is 5.43 Å². The number of anilines is 1. The minimum Gasteiger partial charge on any atom is -0.493 e. The number of carbonyl (C=O) groups is 2. The van der Waals surface area contributed by atoms with Crippen LogP contribution in [0.2, 0.25) is 0 Å². The molecule has 1 aliphatic heterocycles. The summed E-state index contributed by atoms with van der Waals surface area (Å²) in [6.07, 6.45) is 0.999. The molecular weight excluding hydrogens is 260 g/mol. The number of benzene rings is 1. The Labute approximate surface area is 116 Å². The van der Waals surface area contributed by atoms with E-state index in [1.807, 2.05) is 31.2 Å². The lowest BCUT2D eigenvalue weighted by Crippen LogP contribution is -2.37. The van der Waals surface area contributed by atoms with E-state index in [4.69, 9.17) is 9.47 Å². The van der Waals surface area contributed by atoms with E-state index in [0.29, 0.717) is 12.0 Å². The first kappa shape index (κ1) is 14.1. The van der Waals surface area contributed by atoms with Crippen molar-refractivity contribution in [2.75, 3.05) is 12.0 Å². The number of nitrogens with one attached hydrogen (secondary N) is 2. The van der Waals surface area contributed by atoms with Crippen LogP contribution in [0.3, 0.4) is 0 Å². The topological polar surface area (TPSA) is 76.7 Å². The Kier molecular flexibility index (Phi) is 4.73. The maximum atomic E-state index is 11.5. The molecule has 1 unspecified atom stereocenters. The number of carbonyl (C=O) groups excluding carboxylic acids is 2. The zero-order valence-electron chi connectivity index (χ0n) is 11.1. The number of para-hydroxylation sites is 1. The van der Waals surface area contributed by atoms with Crippen molar-refractivity contribution in [1.82, 2.24) is 5.43 Å². The largest absolute Gasteiger partial charge is 0.493 e. The Balaban J connectivity index is 1.94. The van der Waals surface area contributed by atoms with Gasteiger partial charge in [-0.1, -0.05) is 18.2 Å². The number of ether oxygens (including phenoxy) is 2. The van der Waals surface area contributed by atoms with E-state index in [2.05, 4.69) is 10.9 Å². The van der Waals surface area contributed by atoms with Crippen LogP contribution in [0.15, 0.2) is 36.1 Å². The quantitative estimate of drug-likeness (QED) is 0.444. The van der Waals surface area contributed by atoms with Crippen LogP contribution in [0.5, 0.6) is 0 Å². The zero-order valence-corrected chi connectivity index (χ0v) is 11.1. The van der Waals surface area contributed by atoms with Crippen molar-refractivity contribution in [3.8, 4) is 0 Å². The number of Topliss-reactive ketones (excluding diaryl/α,β-unsaturated/α-hetero) is 1. The van der Waals surface area contributed by atoms with E-state index in [0.717, 1.165) is 11.3 Å². The maximum Gasteiger partial charge on any atom is 0.294 e. The highest BCUT2D eigenvalue weighted by atomic mass is 16.5. The minimum atomic E-state index is -0.649. The van der Waals surface area contributed by atoms with Crippen LogP contribution in [-0.2, 0) is 19.1 Å². The first-order valence-corrected chi connectivity index (χ1v) is 6.21. The van der Waals surface area contributed by atoms with Gasteiger partial charge in [0.25, 0.3) is 6.47 Å². The molecule has 0 saturated heterocycles. The molecule has 6 heteroatoms. The van der Waals surface area contributed by atoms with Crippen LogP contribution in [-0.4, -0.2) is 25.1 Å². The number of hydrogen-bond acceptors (Lipinski definition) is 6. The first-order chi connectivity index (χ1) is 9.70. The van der Waals surface area contributed by atoms with Gasteiger partial charge in [0, 0.05) is 12.0 Å². The third-order valence-corrected chi connectivity index (χ3v) is 2.94. The van der Waals surface area contributed by atoms with Crippen LogP contribution in [0, 0.1) is 6.92 Å². The molecule has 1 aromatic carbocycles. The molecule has 0 bridgehead atoms. The van der Waals surface area contributed by atoms with Gasteiger partial charge in [-0.15, -0.1) is 0 Å². The summed E-state index contributed by atoms with van der Waals surface area (Å²) in [6.45, 7) is 2.35. The molecule has 1 aromatic rings. The van der Waals surface area contributed by atoms with E-state index in [9.17, 15) is 9.59 Å². The lowest BCUT2D eigenvalue weighted by atomic mass is 10.1. The molecule has 6 nitrogen and oxygen atoms in total. The second-order valence-electron chi connectivity index (χ2n) is 4.39. The second kappa shape index (κ2) is 6.72. The Morgan fingerprint density at radius 3 is 2.90 bits per heavy atom. The number of aryl methyl sites for hydroxylation is 1. The molecule has 0 radical (unpaired) electrons. The summed E-state index contributed by atoms with van der Waals surface area (Å²) in [6, 6.07) is 7.67. The number of hydrazine groups is 1. The highest BCUT2D eigenvalue weighted by molar-refractivity contribution is 5.97. The van der Waals surface area contributed by atoms with Gasteiger partial charge < -0.3 is 14.9 Å². The number of ketones is 1. The SMILES string of the molecule is Cc1ccccc1NNC(CC1=COCC1=O)OC=O. The summed E-state index contributed by atoms with van der Waals surface area (Å²) in [7, 11) is 0. The minimum absolute atomic E-state index is 0.0500. The van der Waals surface area contributed by atoms with E-state index in [1.54, 1.807) is 0 Å². The molecule has 106 valence electrons. The molecule has 0 spiro atoms. The molecule has 2 rings (SSSR count). The van der Waals surface area contributed by atoms with Crippen molar-refractivity contribution in [2.45, 2.75) is 19.6 Å². The van der Waals surface area contributed by atoms with Gasteiger partial charge in [-0.3, -0.25) is 9.59 Å². The first-order valence-electron chi connectivity index (χ1n) is 6.21. The Bertz CT molecular complexity index is 528. The fourth-order valence-electron chi connectivity index (χ4n) is 1.81. The predicted octanol–water partition coefficient (Wildman–Crippen LogP) is 1.28. The lowest BCUT2D eigenvalue weighted by molar-refractivity contribution is -0.135. The van der Waals surface area contributed by atoms with Gasteiger partial charge in [-0.25, -0.2) is 0 Å². The highest BCUT2D eigenvalue weighted by Crippen LogP contribution is 2.15. The van der Waals surface area contributed by atoms with Gasteiger partial charge in [0.1, 0.15) is 6.61 Å². The van der Waals surface area contributed by atoms with Crippen molar-refractivity contribution in [3.63, 3.8) is 0 Å². The fourth-order valence-corrected chi connectivity index (χ4v) is 1.81. The Morgan fingerprint density at radius 1 is 1.45 bits per heavy atom. The summed E-state index contributed by atoms with van der Waals surface area (Å²) in [5.74, 6) is -0.0952. The van der Waals surface area contributed by atoms with Crippen molar-refractivity contribution < 1.29 is 19.1 Å². The molecule has 2 N–H and O–H groups in total. The standard InChI is InChI=1S/C14H16N2O4/c1-10-4-2-3-5-12(10)15-16-14(20-9-17)6-11-7-19-8-13(11)18/h2-5,7,9,14-16H,6,8H2,1H3. The highest BCUT2D eigenvalue weighted by Gasteiger charge is 2.21. The predicted molar refractivity (Wildman–Crippen MR) is 72.5 cm³/mol. The number of rotatable bonds is 7. The third kappa shape index (κ3) is 3.58. The van der Waals surface area contributed by atoms with E-state index >= 15 is 0 Å². The van der Waals surface area contributed by atoms with Gasteiger partial charge in [-0.05, 0) is 18.6 Å². The van der Waals surface area contributed by atoms with Gasteiger partial charge in [0.05, 0.1) is 11.9 Å². The molecule has 0 fully saturated rings. The molecule has 0 aliphatic carbocycles. The zero-order chi connectivity index (χ0) is 14.4. The van der Waals surface area contributed by atoms with Gasteiger partial charge in [0.15, 0.2) is 12.0 Å². The molecule has 20 heavy (non-hydrogen) atoms. The molecule has 0 amide bonds. The summed E-state index contributed by atoms with van der Waals surface area (Å²) in [5, 5.41) is 0. The average molecular weight is 276 g/mol. The molecule has 0 aromatic heterocycles. The van der Waals surface area contributed by atoms with Crippen LogP contribution >= 0.6 is 0 Å². The van der Waals surface area contributed by atoms with Crippen LogP contribution in [0.1, 0.15) is 12.0 Å². The fraction of sp³-hybridized carbons (Fsp3) is 0.286. The average Bonchev–Trinajstić information content (AvgIpc) is 2.83. The maximum absolute atomic E-state index is 11.5. The van der Waals surface area contributed by atoms with Crippen molar-refractivity contribution >= 4 is 17.9 Å². The summed E-state index contributed by atoms with van der Waals surface area (Å²) < 4.78 is 9.84. The number of hydrogen-bond donors (Lipinski definition) is 2. The molecule has 1 heterocycles.